The average Bonchev–Trinajstić information content (AvgIpc) is 3.28. The summed E-state index contributed by atoms with van der Waals surface area (Å²) in [5.41, 5.74) is 2.49. The maximum Gasteiger partial charge on any atom is 0.235 e. The second kappa shape index (κ2) is 7.00. The largest absolute Gasteiger partial charge is 0.361 e. The zero-order chi connectivity index (χ0) is 18.0. The van der Waals surface area contributed by atoms with Crippen LogP contribution in [0.3, 0.4) is 0 Å². The molecule has 1 aliphatic rings. The third-order valence-electron chi connectivity index (χ3n) is 4.24. The van der Waals surface area contributed by atoms with E-state index in [1.807, 2.05) is 31.2 Å². The smallest absolute Gasteiger partial charge is 0.235 e. The summed E-state index contributed by atoms with van der Waals surface area (Å²) >= 11 is 0. The zero-order valence-electron chi connectivity index (χ0n) is 14.4. The number of nitrogens with one attached hydrogen (secondary N) is 1. The predicted molar refractivity (Wildman–Crippen MR) is 93.5 cm³/mol. The van der Waals surface area contributed by atoms with E-state index in [0.29, 0.717) is 17.4 Å². The van der Waals surface area contributed by atoms with E-state index in [0.717, 1.165) is 24.0 Å². The van der Waals surface area contributed by atoms with E-state index < -0.39 is 21.5 Å². The fourth-order valence-corrected chi connectivity index (χ4v) is 4.03. The van der Waals surface area contributed by atoms with Gasteiger partial charge in [0, 0.05) is 6.07 Å². The number of aryl methyl sites for hydroxylation is 2. The first-order chi connectivity index (χ1) is 11.8. The maximum atomic E-state index is 12.3. The van der Waals surface area contributed by atoms with Gasteiger partial charge in [0.2, 0.25) is 5.91 Å². The van der Waals surface area contributed by atoms with Crippen LogP contribution in [0, 0.1) is 19.8 Å². The Morgan fingerprint density at radius 1 is 1.28 bits per heavy atom. The van der Waals surface area contributed by atoms with Crippen LogP contribution in [0.15, 0.2) is 34.9 Å². The number of hydrogen-bond donors (Lipinski definition) is 1. The average molecular weight is 362 g/mol. The molecule has 1 unspecified atom stereocenters. The molecule has 3 rings (SSSR count). The van der Waals surface area contributed by atoms with E-state index >= 15 is 0 Å². The van der Waals surface area contributed by atoms with Gasteiger partial charge in [-0.1, -0.05) is 35.0 Å². The van der Waals surface area contributed by atoms with Gasteiger partial charge in [-0.2, -0.15) is 0 Å². The number of nitrogens with zero attached hydrogens (tertiary/aromatic N) is 1. The van der Waals surface area contributed by atoms with Gasteiger partial charge < -0.3 is 9.84 Å². The van der Waals surface area contributed by atoms with Crippen molar-refractivity contribution < 1.29 is 17.7 Å². The van der Waals surface area contributed by atoms with E-state index in [2.05, 4.69) is 10.5 Å². The van der Waals surface area contributed by atoms with Gasteiger partial charge >= 0.3 is 0 Å². The molecule has 1 atom stereocenters. The minimum atomic E-state index is -3.59. The molecule has 0 bridgehead atoms. The molecule has 1 heterocycles. The summed E-state index contributed by atoms with van der Waals surface area (Å²) < 4.78 is 29.3. The van der Waals surface area contributed by atoms with Gasteiger partial charge in [-0.15, -0.1) is 0 Å². The second-order valence-corrected chi connectivity index (χ2v) is 8.82. The molecule has 1 N–H and O–H groups in total. The standard InChI is InChI=1S/C18H22N2O4S/c1-12-3-5-14(6-4-12)18(15-7-8-15)19-17(21)11-25(22,23)10-16-9-13(2)24-20-16/h3-6,9,15,18H,7-8,10-11H2,1-2H3,(H,19,21). The van der Waals surface area contributed by atoms with Crippen molar-refractivity contribution in [3.05, 3.63) is 52.9 Å². The van der Waals surface area contributed by atoms with Gasteiger partial charge in [0.05, 0.1) is 17.5 Å². The molecule has 1 saturated carbocycles. The third kappa shape index (κ3) is 4.92. The SMILES string of the molecule is Cc1ccc(C(NC(=O)CS(=O)(=O)Cc2cc(C)on2)C2CC2)cc1. The molecule has 0 aliphatic heterocycles. The number of sulfone groups is 1. The molecule has 0 saturated heterocycles. The molecule has 7 heteroatoms. The molecule has 25 heavy (non-hydrogen) atoms. The molecule has 1 amide bonds. The lowest BCUT2D eigenvalue weighted by atomic mass is 10.0. The molecule has 6 nitrogen and oxygen atoms in total. The van der Waals surface area contributed by atoms with Crippen molar-refractivity contribution in [2.24, 2.45) is 5.92 Å². The summed E-state index contributed by atoms with van der Waals surface area (Å²) in [4.78, 5) is 12.3. The molecule has 0 radical (unpaired) electrons. The molecule has 1 aliphatic carbocycles. The maximum absolute atomic E-state index is 12.3. The van der Waals surface area contributed by atoms with Crippen molar-refractivity contribution >= 4 is 15.7 Å². The Hall–Kier alpha value is -2.15. The Morgan fingerprint density at radius 3 is 2.52 bits per heavy atom. The summed E-state index contributed by atoms with van der Waals surface area (Å²) in [6, 6.07) is 9.42. The number of benzene rings is 1. The van der Waals surface area contributed by atoms with Crippen molar-refractivity contribution in [2.45, 2.75) is 38.5 Å². The molecule has 1 fully saturated rings. The minimum Gasteiger partial charge on any atom is -0.361 e. The number of carbonyl (C=O) groups is 1. The molecule has 1 aromatic carbocycles. The summed E-state index contributed by atoms with van der Waals surface area (Å²) in [6.07, 6.45) is 2.09. The Kier molecular flexibility index (Phi) is 4.94. The highest BCUT2D eigenvalue weighted by atomic mass is 32.2. The molecule has 2 aromatic rings. The zero-order valence-corrected chi connectivity index (χ0v) is 15.2. The molecule has 1 aromatic heterocycles. The fraction of sp³-hybridized carbons (Fsp3) is 0.444. The van der Waals surface area contributed by atoms with Gasteiger partial charge in [-0.05, 0) is 38.2 Å². The minimum absolute atomic E-state index is 0.127. The van der Waals surface area contributed by atoms with E-state index in [-0.39, 0.29) is 11.8 Å². The highest BCUT2D eigenvalue weighted by molar-refractivity contribution is 7.91. The highest BCUT2D eigenvalue weighted by Crippen LogP contribution is 2.41. The number of carbonyl (C=O) groups excluding carboxylic acids is 1. The lowest BCUT2D eigenvalue weighted by molar-refractivity contribution is -0.119. The lowest BCUT2D eigenvalue weighted by Gasteiger charge is -2.19. The lowest BCUT2D eigenvalue weighted by Crippen LogP contribution is -2.35. The number of hydrogen-bond acceptors (Lipinski definition) is 5. The van der Waals surface area contributed by atoms with E-state index in [9.17, 15) is 13.2 Å². The van der Waals surface area contributed by atoms with Crippen LogP contribution < -0.4 is 5.32 Å². The van der Waals surface area contributed by atoms with Gasteiger partial charge in [-0.25, -0.2) is 8.42 Å². The van der Waals surface area contributed by atoms with Crippen molar-refractivity contribution in [2.75, 3.05) is 5.75 Å². The fourth-order valence-electron chi connectivity index (χ4n) is 2.85. The summed E-state index contributed by atoms with van der Waals surface area (Å²) in [5, 5.41) is 6.58. The first-order valence-electron chi connectivity index (χ1n) is 8.31. The third-order valence-corrected chi connectivity index (χ3v) is 5.68. The Morgan fingerprint density at radius 2 is 1.96 bits per heavy atom. The first-order valence-corrected chi connectivity index (χ1v) is 10.1. The van der Waals surface area contributed by atoms with Gasteiger partial charge in [0.1, 0.15) is 11.5 Å². The predicted octanol–water partition coefficient (Wildman–Crippen LogP) is 2.47. The van der Waals surface area contributed by atoms with Crippen LogP contribution in [0.4, 0.5) is 0 Å². The molecular formula is C18H22N2O4S. The van der Waals surface area contributed by atoms with Crippen molar-refractivity contribution in [1.82, 2.24) is 10.5 Å². The summed E-state index contributed by atoms with van der Waals surface area (Å²) in [7, 11) is -3.59. The van der Waals surface area contributed by atoms with Crippen LogP contribution in [0.2, 0.25) is 0 Å². The van der Waals surface area contributed by atoms with Gasteiger partial charge in [-0.3, -0.25) is 4.79 Å². The second-order valence-electron chi connectivity index (χ2n) is 6.75. The quantitative estimate of drug-likeness (QED) is 0.817. The number of amides is 1. The van der Waals surface area contributed by atoms with Gasteiger partial charge in [0.25, 0.3) is 0 Å². The van der Waals surface area contributed by atoms with Crippen molar-refractivity contribution in [1.29, 1.82) is 0 Å². The Labute approximate surface area is 147 Å². The molecular weight excluding hydrogens is 340 g/mol. The molecule has 0 spiro atoms. The van der Waals surface area contributed by atoms with E-state index in [4.69, 9.17) is 4.52 Å². The van der Waals surface area contributed by atoms with E-state index in [1.165, 1.54) is 0 Å². The van der Waals surface area contributed by atoms with Crippen LogP contribution in [0.1, 0.15) is 41.5 Å². The summed E-state index contributed by atoms with van der Waals surface area (Å²) in [6.45, 7) is 3.70. The van der Waals surface area contributed by atoms with Gasteiger partial charge in [0.15, 0.2) is 9.84 Å². The normalized spacial score (nSPS) is 15.8. The Balaban J connectivity index is 1.64. The monoisotopic (exact) mass is 362 g/mol. The van der Waals surface area contributed by atoms with Crippen molar-refractivity contribution in [3.63, 3.8) is 0 Å². The van der Waals surface area contributed by atoms with Crippen molar-refractivity contribution in [3.8, 4) is 0 Å². The van der Waals surface area contributed by atoms with Crippen LogP contribution in [0.25, 0.3) is 0 Å². The molecule has 134 valence electrons. The van der Waals surface area contributed by atoms with E-state index in [1.54, 1.807) is 13.0 Å². The number of rotatable bonds is 7. The first kappa shape index (κ1) is 17.7. The summed E-state index contributed by atoms with van der Waals surface area (Å²) in [5.74, 6) is -0.391. The van der Waals surface area contributed by atoms with Crippen LogP contribution >= 0.6 is 0 Å². The number of aromatic nitrogens is 1. The Bertz CT molecular complexity index is 851. The highest BCUT2D eigenvalue weighted by Gasteiger charge is 2.34. The van der Waals surface area contributed by atoms with Crippen LogP contribution in [-0.2, 0) is 20.4 Å². The van der Waals surface area contributed by atoms with Crippen LogP contribution in [0.5, 0.6) is 0 Å². The van der Waals surface area contributed by atoms with Crippen LogP contribution in [-0.4, -0.2) is 25.2 Å². The topological polar surface area (TPSA) is 89.3 Å².